The van der Waals surface area contributed by atoms with Crippen molar-refractivity contribution >= 4 is 37.9 Å². The number of rotatable bonds is 8. The zero-order chi connectivity index (χ0) is 12.8. The molecule has 0 rings (SSSR count). The Labute approximate surface area is 110 Å². The quantitative estimate of drug-likeness (QED) is 0.545. The van der Waals surface area contributed by atoms with E-state index < -0.39 is 25.3 Å². The lowest BCUT2D eigenvalue weighted by Gasteiger charge is -2.34. The van der Waals surface area contributed by atoms with E-state index in [0.717, 1.165) is 29.9 Å². The molecule has 0 aromatic carbocycles. The molecular formula is C10H26O2SSi3. The minimum atomic E-state index is -1.74. The Hall–Kier alpha value is 0.761. The summed E-state index contributed by atoms with van der Waals surface area (Å²) in [5, 5.41) is 0. The van der Waals surface area contributed by atoms with Crippen molar-refractivity contribution in [2.75, 3.05) is 5.75 Å². The Morgan fingerprint density at radius 2 is 1.81 bits per heavy atom. The van der Waals surface area contributed by atoms with Gasteiger partial charge in [0.2, 0.25) is 0 Å². The first-order valence-corrected chi connectivity index (χ1v) is 14.7. The van der Waals surface area contributed by atoms with Gasteiger partial charge in [-0.3, -0.25) is 0 Å². The van der Waals surface area contributed by atoms with E-state index >= 15 is 0 Å². The van der Waals surface area contributed by atoms with Gasteiger partial charge in [0.1, 0.15) is 0 Å². The van der Waals surface area contributed by atoms with Crippen LogP contribution in [0, 0.1) is 0 Å². The van der Waals surface area contributed by atoms with Crippen molar-refractivity contribution in [2.24, 2.45) is 0 Å². The second-order valence-electron chi connectivity index (χ2n) is 5.56. The molecule has 0 saturated carbocycles. The molecule has 1 atom stereocenters. The Kier molecular flexibility index (Phi) is 7.60. The fraction of sp³-hybridized carbons (Fsp3) is 1.00. The lowest BCUT2D eigenvalue weighted by atomic mass is 10.6. The van der Waals surface area contributed by atoms with Crippen LogP contribution in [0.4, 0.5) is 0 Å². The van der Waals surface area contributed by atoms with Gasteiger partial charge in [-0.05, 0) is 50.4 Å². The molecule has 0 aliphatic rings. The van der Waals surface area contributed by atoms with Gasteiger partial charge >= 0.3 is 0 Å². The van der Waals surface area contributed by atoms with Gasteiger partial charge in [0.05, 0.1) is 0 Å². The van der Waals surface area contributed by atoms with Crippen LogP contribution in [0.1, 0.15) is 13.3 Å². The van der Waals surface area contributed by atoms with E-state index in [1.54, 1.807) is 0 Å². The lowest BCUT2D eigenvalue weighted by Crippen LogP contribution is -2.46. The van der Waals surface area contributed by atoms with Gasteiger partial charge in [-0.15, -0.1) is 0 Å². The van der Waals surface area contributed by atoms with Crippen LogP contribution in [0.2, 0.25) is 43.9 Å². The highest BCUT2D eigenvalue weighted by molar-refractivity contribution is 7.80. The minimum absolute atomic E-state index is 0.823. The van der Waals surface area contributed by atoms with Crippen LogP contribution in [0.3, 0.4) is 0 Å². The van der Waals surface area contributed by atoms with Crippen molar-refractivity contribution in [3.63, 3.8) is 0 Å². The van der Waals surface area contributed by atoms with Crippen molar-refractivity contribution in [3.05, 3.63) is 0 Å². The molecule has 16 heavy (non-hydrogen) atoms. The van der Waals surface area contributed by atoms with Gasteiger partial charge in [0, 0.05) is 5.67 Å². The normalized spacial score (nSPS) is 15.9. The number of hydrogen-bond donors (Lipinski definition) is 1. The van der Waals surface area contributed by atoms with E-state index in [4.69, 9.17) is 4.12 Å². The smallest absolute Gasteiger partial charge is 0.275 e. The van der Waals surface area contributed by atoms with E-state index in [1.165, 1.54) is 0 Å². The summed E-state index contributed by atoms with van der Waals surface area (Å²) in [4.78, 5) is 0. The molecule has 0 fully saturated rings. The van der Waals surface area contributed by atoms with Crippen LogP contribution >= 0.6 is 12.6 Å². The first-order chi connectivity index (χ1) is 7.22. The Bertz CT molecular complexity index is 231. The monoisotopic (exact) mass is 294 g/mol. The molecule has 96 valence electrons. The average Bonchev–Trinajstić information content (AvgIpc) is 2.11. The van der Waals surface area contributed by atoms with Crippen molar-refractivity contribution in [3.8, 4) is 0 Å². The molecule has 0 aromatic rings. The van der Waals surface area contributed by atoms with E-state index in [2.05, 4.69) is 38.8 Å². The molecule has 2 nitrogen and oxygen atoms in total. The van der Waals surface area contributed by atoms with Crippen LogP contribution in [0.5, 0.6) is 0 Å². The summed E-state index contributed by atoms with van der Waals surface area (Å²) in [6, 6.07) is 1.93. The molecule has 0 N–H and O–H groups in total. The zero-order valence-corrected chi connectivity index (χ0v) is 15.2. The summed E-state index contributed by atoms with van der Waals surface area (Å²) in [6.45, 7) is 10.9. The fourth-order valence-corrected chi connectivity index (χ4v) is 15.6. The molecule has 0 aliphatic heterocycles. The maximum Gasteiger partial charge on any atom is 0.275 e. The highest BCUT2D eigenvalue weighted by Gasteiger charge is 2.35. The maximum absolute atomic E-state index is 11.8. The molecule has 0 radical (unpaired) electrons. The van der Waals surface area contributed by atoms with Gasteiger partial charge < -0.3 is 8.58 Å². The molecule has 0 bridgehead atoms. The van der Waals surface area contributed by atoms with Gasteiger partial charge in [-0.2, -0.15) is 12.6 Å². The molecule has 1 unspecified atom stereocenters. The zero-order valence-electron chi connectivity index (χ0n) is 11.3. The summed E-state index contributed by atoms with van der Waals surface area (Å²) in [7, 11) is -4.66. The van der Waals surface area contributed by atoms with Crippen LogP contribution in [-0.2, 0) is 8.58 Å². The summed E-state index contributed by atoms with van der Waals surface area (Å²) in [5.41, 5.74) is 0.867. The maximum atomic E-state index is 11.8. The molecule has 0 aliphatic carbocycles. The second-order valence-corrected chi connectivity index (χ2v) is 17.6. The third-order valence-corrected chi connectivity index (χ3v) is 13.9. The third-order valence-electron chi connectivity index (χ3n) is 2.38. The number of hydrogen-bond acceptors (Lipinski definition) is 3. The average molecular weight is 295 g/mol. The standard InChI is InChI=1S/C10H26O2SSi3/c1-6-14(11)10-16(5,9-7-8-13)12-15(2,3)4/h13H,6-10H2,1-5H3. The topological polar surface area (TPSA) is 26.3 Å². The number of thiol groups is 1. The highest BCUT2D eigenvalue weighted by atomic mass is 32.1. The molecule has 0 heterocycles. The first kappa shape index (κ1) is 16.8. The molecule has 0 amide bonds. The fourth-order valence-electron chi connectivity index (χ4n) is 1.91. The second kappa shape index (κ2) is 7.25. The van der Waals surface area contributed by atoms with Gasteiger partial charge in [0.15, 0.2) is 16.6 Å². The third kappa shape index (κ3) is 7.94. The lowest BCUT2D eigenvalue weighted by molar-refractivity contribution is 0.532. The SMILES string of the molecule is CC[Si](=O)C[Si](C)(CCCS)O[Si](C)(C)C. The summed E-state index contributed by atoms with van der Waals surface area (Å²) in [5.74, 6) is 0.907. The van der Waals surface area contributed by atoms with Crippen LogP contribution in [0.15, 0.2) is 0 Å². The molecule has 6 heteroatoms. The predicted molar refractivity (Wildman–Crippen MR) is 81.1 cm³/mol. The summed E-state index contributed by atoms with van der Waals surface area (Å²) >= 11 is 4.27. The van der Waals surface area contributed by atoms with Crippen LogP contribution < -0.4 is 0 Å². The Balaban J connectivity index is 4.53. The first-order valence-electron chi connectivity index (χ1n) is 6.05. The van der Waals surface area contributed by atoms with Crippen molar-refractivity contribution < 1.29 is 8.58 Å². The van der Waals surface area contributed by atoms with E-state index in [1.807, 2.05) is 6.92 Å². The van der Waals surface area contributed by atoms with E-state index in [0.29, 0.717) is 0 Å². The van der Waals surface area contributed by atoms with Crippen LogP contribution in [-0.4, -0.2) is 31.1 Å². The molecule has 0 spiro atoms. The molecule has 0 saturated heterocycles. The van der Waals surface area contributed by atoms with Gasteiger partial charge in [-0.1, -0.05) is 6.92 Å². The summed E-state index contributed by atoms with van der Waals surface area (Å²) in [6.07, 6.45) is 1.09. The van der Waals surface area contributed by atoms with Gasteiger partial charge in [0.25, 0.3) is 8.68 Å². The molecule has 0 aromatic heterocycles. The molecular weight excluding hydrogens is 268 g/mol. The minimum Gasteiger partial charge on any atom is -0.455 e. The predicted octanol–water partition coefficient (Wildman–Crippen LogP) is 3.71. The highest BCUT2D eigenvalue weighted by Crippen LogP contribution is 2.24. The Morgan fingerprint density at radius 1 is 1.25 bits per heavy atom. The largest absolute Gasteiger partial charge is 0.455 e. The van der Waals surface area contributed by atoms with Gasteiger partial charge in [-0.25, -0.2) is 0 Å². The Morgan fingerprint density at radius 3 is 2.19 bits per heavy atom. The van der Waals surface area contributed by atoms with Crippen LogP contribution in [0.25, 0.3) is 0 Å². The van der Waals surface area contributed by atoms with Crippen molar-refractivity contribution in [1.82, 2.24) is 0 Å². The van der Waals surface area contributed by atoms with Crippen molar-refractivity contribution in [1.29, 1.82) is 0 Å². The van der Waals surface area contributed by atoms with E-state index in [9.17, 15) is 4.46 Å². The van der Waals surface area contributed by atoms with Crippen molar-refractivity contribution in [2.45, 2.75) is 57.3 Å². The summed E-state index contributed by atoms with van der Waals surface area (Å²) < 4.78 is 18.2. The van der Waals surface area contributed by atoms with E-state index in [-0.39, 0.29) is 0 Å².